The van der Waals surface area contributed by atoms with E-state index in [9.17, 15) is 0 Å². The molecule has 4 heteroatoms. The van der Waals surface area contributed by atoms with Crippen LogP contribution in [-0.4, -0.2) is 19.1 Å². The van der Waals surface area contributed by atoms with Gasteiger partial charge >= 0.3 is 0 Å². The molecule has 0 saturated carbocycles. The summed E-state index contributed by atoms with van der Waals surface area (Å²) < 4.78 is 4.67. The van der Waals surface area contributed by atoms with E-state index in [1.54, 1.807) is 0 Å². The number of hydrogen-bond donors (Lipinski definition) is 0. The number of nitrogens with zero attached hydrogens (tertiary/aromatic N) is 4. The second-order valence-corrected chi connectivity index (χ2v) is 14.6. The van der Waals surface area contributed by atoms with E-state index in [2.05, 4.69) is 197 Å². The summed E-state index contributed by atoms with van der Waals surface area (Å²) >= 11 is 0. The first-order chi connectivity index (χ1) is 27.8. The van der Waals surface area contributed by atoms with Crippen LogP contribution in [0.5, 0.6) is 0 Å². The van der Waals surface area contributed by atoms with Crippen molar-refractivity contribution in [3.05, 3.63) is 194 Å². The minimum Gasteiger partial charge on any atom is -0.309 e. The monoisotopic (exact) mass is 712 g/mol. The third-order valence-electron chi connectivity index (χ3n) is 11.6. The molecule has 0 amide bonds. The fourth-order valence-electron chi connectivity index (χ4n) is 9.08. The smallest absolute Gasteiger partial charge is 0.235 e. The highest BCUT2D eigenvalue weighted by atomic mass is 15.2. The number of fused-ring (bicyclic) bond motifs is 13. The van der Waals surface area contributed by atoms with Crippen LogP contribution in [0.25, 0.3) is 110 Å². The van der Waals surface area contributed by atoms with Gasteiger partial charge in [0.1, 0.15) is 0 Å². The molecule has 0 unspecified atom stereocenters. The average Bonchev–Trinajstić information content (AvgIpc) is 3.80. The fraction of sp³-hybridized carbons (Fsp3) is 0. The minimum absolute atomic E-state index is 0.665. The van der Waals surface area contributed by atoms with Crippen molar-refractivity contribution in [1.29, 1.82) is 0 Å². The van der Waals surface area contributed by atoms with Crippen molar-refractivity contribution in [3.63, 3.8) is 0 Å². The molecule has 12 rings (SSSR count). The van der Waals surface area contributed by atoms with E-state index in [-0.39, 0.29) is 0 Å². The molecule has 9 aromatic carbocycles. The first-order valence-electron chi connectivity index (χ1n) is 19.1. The van der Waals surface area contributed by atoms with Crippen molar-refractivity contribution in [2.75, 3.05) is 0 Å². The molecule has 0 saturated heterocycles. The van der Waals surface area contributed by atoms with E-state index < -0.39 is 0 Å². The van der Waals surface area contributed by atoms with Gasteiger partial charge in [-0.3, -0.25) is 4.57 Å². The summed E-state index contributed by atoms with van der Waals surface area (Å²) in [6.45, 7) is 0. The van der Waals surface area contributed by atoms with Crippen molar-refractivity contribution in [3.8, 4) is 33.9 Å². The van der Waals surface area contributed by atoms with Crippen molar-refractivity contribution in [2.24, 2.45) is 0 Å². The summed E-state index contributed by atoms with van der Waals surface area (Å²) in [5, 5.41) is 10.6. The van der Waals surface area contributed by atoms with Crippen molar-refractivity contribution >= 4 is 76.1 Å². The zero-order valence-corrected chi connectivity index (χ0v) is 30.3. The highest BCUT2D eigenvalue weighted by molar-refractivity contribution is 6.29. The van der Waals surface area contributed by atoms with Gasteiger partial charge in [0.15, 0.2) is 0 Å². The van der Waals surface area contributed by atoms with Gasteiger partial charge in [-0.15, -0.1) is 0 Å². The Morgan fingerprint density at radius 3 is 1.48 bits per heavy atom. The van der Waals surface area contributed by atoms with E-state index in [1.807, 2.05) is 6.20 Å². The Hall–Kier alpha value is -7.56. The first-order valence-corrected chi connectivity index (χ1v) is 19.1. The van der Waals surface area contributed by atoms with Gasteiger partial charge in [-0.1, -0.05) is 152 Å². The van der Waals surface area contributed by atoms with Gasteiger partial charge in [0.05, 0.1) is 27.6 Å². The summed E-state index contributed by atoms with van der Waals surface area (Å²) in [7, 11) is 0. The predicted molar refractivity (Wildman–Crippen MR) is 234 cm³/mol. The van der Waals surface area contributed by atoms with Crippen LogP contribution in [0, 0.1) is 0 Å². The van der Waals surface area contributed by atoms with Crippen LogP contribution in [-0.2, 0) is 0 Å². The van der Waals surface area contributed by atoms with Crippen LogP contribution < -0.4 is 0 Å². The number of para-hydroxylation sites is 2. The lowest BCUT2D eigenvalue weighted by Gasteiger charge is -2.12. The predicted octanol–water partition coefficient (Wildman–Crippen LogP) is 13.5. The molecule has 0 bridgehead atoms. The van der Waals surface area contributed by atoms with Crippen LogP contribution in [0.4, 0.5) is 0 Å². The maximum absolute atomic E-state index is 5.40. The van der Waals surface area contributed by atoms with Gasteiger partial charge in [0.25, 0.3) is 0 Å². The third kappa shape index (κ3) is 4.47. The van der Waals surface area contributed by atoms with Gasteiger partial charge < -0.3 is 4.57 Å². The lowest BCUT2D eigenvalue weighted by Crippen LogP contribution is -2.01. The molecule has 0 spiro atoms. The van der Waals surface area contributed by atoms with Crippen LogP contribution in [0.1, 0.15) is 0 Å². The SMILES string of the molecule is c1ccc(-c2ccc(-c3cccc(-n4c5ccccc5c5c6c7ccccc7n(-c7ncc8c9ccccc9c9ccccc9c8n7)c6ccc54)c3)cc2)cc1. The van der Waals surface area contributed by atoms with Crippen LogP contribution >= 0.6 is 0 Å². The second-order valence-electron chi connectivity index (χ2n) is 14.6. The van der Waals surface area contributed by atoms with Crippen LogP contribution in [0.2, 0.25) is 0 Å². The quantitative estimate of drug-likeness (QED) is 0.170. The Labute approximate surface area is 322 Å². The van der Waals surface area contributed by atoms with Crippen LogP contribution in [0.15, 0.2) is 194 Å². The van der Waals surface area contributed by atoms with Gasteiger partial charge in [-0.2, -0.15) is 0 Å². The van der Waals surface area contributed by atoms with E-state index in [0.29, 0.717) is 5.95 Å². The third-order valence-corrected chi connectivity index (χ3v) is 11.6. The molecule has 0 aliphatic rings. The normalized spacial score (nSPS) is 11.9. The van der Waals surface area contributed by atoms with Crippen molar-refractivity contribution in [2.45, 2.75) is 0 Å². The molecule has 56 heavy (non-hydrogen) atoms. The fourth-order valence-corrected chi connectivity index (χ4v) is 9.08. The number of rotatable bonds is 4. The molecule has 0 aliphatic carbocycles. The Bertz CT molecular complexity index is 3480. The zero-order valence-electron chi connectivity index (χ0n) is 30.3. The Morgan fingerprint density at radius 1 is 0.321 bits per heavy atom. The van der Waals surface area contributed by atoms with Crippen LogP contribution in [0.3, 0.4) is 0 Å². The number of hydrogen-bond acceptors (Lipinski definition) is 2. The lowest BCUT2D eigenvalue weighted by molar-refractivity contribution is 1.01. The molecule has 260 valence electrons. The molecule has 12 aromatic rings. The van der Waals surface area contributed by atoms with Gasteiger partial charge in [-0.05, 0) is 74.8 Å². The maximum atomic E-state index is 5.40. The summed E-state index contributed by atoms with van der Waals surface area (Å²) in [6.07, 6.45) is 2.01. The number of aromatic nitrogens is 4. The molecule has 0 radical (unpaired) electrons. The van der Waals surface area contributed by atoms with E-state index in [1.165, 1.54) is 60.1 Å². The molecule has 0 N–H and O–H groups in total. The molecule has 3 heterocycles. The maximum Gasteiger partial charge on any atom is 0.235 e. The van der Waals surface area contributed by atoms with E-state index >= 15 is 0 Å². The summed E-state index contributed by atoms with van der Waals surface area (Å²) in [4.78, 5) is 10.5. The average molecular weight is 713 g/mol. The topological polar surface area (TPSA) is 35.6 Å². The zero-order chi connectivity index (χ0) is 36.7. The first kappa shape index (κ1) is 30.9. The minimum atomic E-state index is 0.665. The molecule has 0 fully saturated rings. The van der Waals surface area contributed by atoms with E-state index in [0.717, 1.165) is 43.9 Å². The van der Waals surface area contributed by atoms with Crippen molar-refractivity contribution in [1.82, 2.24) is 19.1 Å². The Morgan fingerprint density at radius 2 is 0.804 bits per heavy atom. The highest BCUT2D eigenvalue weighted by Crippen LogP contribution is 2.43. The Balaban J connectivity index is 1.08. The van der Waals surface area contributed by atoms with Gasteiger partial charge in [0, 0.05) is 44.2 Å². The van der Waals surface area contributed by atoms with Gasteiger partial charge in [0.2, 0.25) is 5.95 Å². The molecule has 3 aromatic heterocycles. The summed E-state index contributed by atoms with van der Waals surface area (Å²) in [5.74, 6) is 0.665. The standard InChI is InChI=1S/C52H32N4/c1-2-13-33(14-3-1)34-25-27-35(28-26-34)36-15-12-16-37(31-36)55-45-23-10-8-21-42(45)49-47(55)29-30-48-50(49)43-22-9-11-24-46(43)56(48)52-53-32-44-40-19-5-4-17-38(40)39-18-6-7-20-41(39)51(44)54-52/h1-32H. The van der Waals surface area contributed by atoms with E-state index in [4.69, 9.17) is 9.97 Å². The molecule has 4 nitrogen and oxygen atoms in total. The number of benzene rings is 9. The highest BCUT2D eigenvalue weighted by Gasteiger charge is 2.22. The molecular weight excluding hydrogens is 681 g/mol. The summed E-state index contributed by atoms with van der Waals surface area (Å²) in [6, 6.07) is 67.5. The molecule has 0 aliphatic heterocycles. The second kappa shape index (κ2) is 12.0. The lowest BCUT2D eigenvalue weighted by atomic mass is 9.98. The largest absolute Gasteiger partial charge is 0.309 e. The summed E-state index contributed by atoms with van der Waals surface area (Å²) in [5.41, 5.74) is 11.4. The van der Waals surface area contributed by atoms with Gasteiger partial charge in [-0.25, -0.2) is 9.97 Å². The Kier molecular flexibility index (Phi) is 6.60. The van der Waals surface area contributed by atoms with Crippen molar-refractivity contribution < 1.29 is 0 Å². The molecule has 0 atom stereocenters. The molecular formula is C52H32N4.